The molecule has 0 fully saturated rings. The minimum atomic E-state index is -0.442. The number of hydrogen-bond donors (Lipinski definition) is 3. The van der Waals surface area contributed by atoms with Gasteiger partial charge in [0.25, 0.3) is 0 Å². The monoisotopic (exact) mass is 353 g/mol. The zero-order valence-electron chi connectivity index (χ0n) is 14.1. The molecular weight excluding hydrogens is 334 g/mol. The molecule has 0 aliphatic heterocycles. The van der Waals surface area contributed by atoms with Gasteiger partial charge in [-0.2, -0.15) is 0 Å². The Morgan fingerprint density at radius 3 is 2.68 bits per heavy atom. The minimum absolute atomic E-state index is 0.354. The molecule has 128 valence electrons. The number of methoxy groups -OCH3 is 1. The smallest absolute Gasteiger partial charge is 0.356 e. The number of aromatic amines is 1. The highest BCUT2D eigenvalue weighted by Crippen LogP contribution is 2.29. The standard InChI is InChI=1S/C19H19N3O2S/c1-12-8-9-15-14(10-12)16(17(21-15)18(23)24-2)22-19(25)20-11-13-6-4-3-5-7-13/h3-10,21H,11H2,1-2H3,(H2,20,22,25). The molecule has 0 amide bonds. The highest BCUT2D eigenvalue weighted by molar-refractivity contribution is 7.80. The van der Waals surface area contributed by atoms with Gasteiger partial charge < -0.3 is 20.4 Å². The van der Waals surface area contributed by atoms with E-state index in [1.54, 1.807) is 0 Å². The van der Waals surface area contributed by atoms with Crippen molar-refractivity contribution in [2.75, 3.05) is 12.4 Å². The van der Waals surface area contributed by atoms with Crippen LogP contribution < -0.4 is 10.6 Å². The van der Waals surface area contributed by atoms with Gasteiger partial charge >= 0.3 is 5.97 Å². The van der Waals surface area contributed by atoms with Crippen LogP contribution in [0.3, 0.4) is 0 Å². The fraction of sp³-hybridized carbons (Fsp3) is 0.158. The van der Waals surface area contributed by atoms with Crippen LogP contribution in [0.15, 0.2) is 48.5 Å². The van der Waals surface area contributed by atoms with Crippen molar-refractivity contribution < 1.29 is 9.53 Å². The summed E-state index contributed by atoms with van der Waals surface area (Å²) in [4.78, 5) is 15.2. The first-order valence-corrected chi connectivity index (χ1v) is 8.28. The number of H-pyrrole nitrogens is 1. The van der Waals surface area contributed by atoms with Crippen LogP contribution in [-0.2, 0) is 11.3 Å². The number of benzene rings is 2. The molecule has 1 aromatic heterocycles. The quantitative estimate of drug-likeness (QED) is 0.492. The number of thiocarbonyl (C=S) groups is 1. The first-order valence-electron chi connectivity index (χ1n) is 7.88. The lowest BCUT2D eigenvalue weighted by atomic mass is 10.1. The summed E-state index contributed by atoms with van der Waals surface area (Å²) in [6, 6.07) is 15.9. The molecule has 6 heteroatoms. The van der Waals surface area contributed by atoms with Crippen LogP contribution in [0, 0.1) is 6.92 Å². The number of anilines is 1. The predicted octanol–water partition coefficient (Wildman–Crippen LogP) is 3.75. The first kappa shape index (κ1) is 17.0. The molecule has 0 aliphatic rings. The number of ether oxygens (including phenoxy) is 1. The molecule has 2 aromatic carbocycles. The van der Waals surface area contributed by atoms with E-state index in [9.17, 15) is 4.79 Å². The Morgan fingerprint density at radius 2 is 1.96 bits per heavy atom. The number of carbonyl (C=O) groups excluding carboxylic acids is 1. The molecule has 0 saturated carbocycles. The van der Waals surface area contributed by atoms with Gasteiger partial charge in [-0.3, -0.25) is 0 Å². The van der Waals surface area contributed by atoms with Gasteiger partial charge in [0.2, 0.25) is 0 Å². The molecule has 0 aliphatic carbocycles. The third-order valence-corrected chi connectivity index (χ3v) is 4.12. The maximum atomic E-state index is 12.1. The number of carbonyl (C=O) groups is 1. The van der Waals surface area contributed by atoms with E-state index in [1.807, 2.05) is 55.5 Å². The Bertz CT molecular complexity index is 919. The lowest BCUT2D eigenvalue weighted by molar-refractivity contribution is 0.0596. The fourth-order valence-corrected chi connectivity index (χ4v) is 2.80. The largest absolute Gasteiger partial charge is 0.464 e. The number of fused-ring (bicyclic) bond motifs is 1. The zero-order valence-corrected chi connectivity index (χ0v) is 14.9. The average molecular weight is 353 g/mol. The number of hydrogen-bond acceptors (Lipinski definition) is 3. The Hall–Kier alpha value is -2.86. The molecule has 5 nitrogen and oxygen atoms in total. The van der Waals surface area contributed by atoms with Gasteiger partial charge in [0.1, 0.15) is 5.69 Å². The molecule has 0 bridgehead atoms. The Morgan fingerprint density at radius 1 is 1.20 bits per heavy atom. The van der Waals surface area contributed by atoms with E-state index in [-0.39, 0.29) is 0 Å². The summed E-state index contributed by atoms with van der Waals surface area (Å²) in [5, 5.41) is 7.62. The van der Waals surface area contributed by atoms with Crippen molar-refractivity contribution in [3.8, 4) is 0 Å². The Balaban J connectivity index is 1.84. The minimum Gasteiger partial charge on any atom is -0.464 e. The highest BCUT2D eigenvalue weighted by Gasteiger charge is 2.19. The lowest BCUT2D eigenvalue weighted by Gasteiger charge is -2.11. The normalized spacial score (nSPS) is 10.5. The van der Waals surface area contributed by atoms with Crippen molar-refractivity contribution in [2.45, 2.75) is 13.5 Å². The first-order chi connectivity index (χ1) is 12.1. The number of aromatic nitrogens is 1. The maximum absolute atomic E-state index is 12.1. The second-order valence-electron chi connectivity index (χ2n) is 5.71. The van der Waals surface area contributed by atoms with Gasteiger partial charge in [0.15, 0.2) is 5.11 Å². The third-order valence-electron chi connectivity index (χ3n) is 3.88. The lowest BCUT2D eigenvalue weighted by Crippen LogP contribution is -2.28. The van der Waals surface area contributed by atoms with Crippen molar-refractivity contribution >= 4 is 39.9 Å². The van der Waals surface area contributed by atoms with Crippen LogP contribution in [0.1, 0.15) is 21.6 Å². The molecule has 1 heterocycles. The second-order valence-corrected chi connectivity index (χ2v) is 6.12. The molecule has 0 unspecified atom stereocenters. The van der Waals surface area contributed by atoms with E-state index in [0.29, 0.717) is 23.0 Å². The third kappa shape index (κ3) is 3.80. The van der Waals surface area contributed by atoms with Gasteiger partial charge in [-0.05, 0) is 36.8 Å². The van der Waals surface area contributed by atoms with Crippen LogP contribution in [0.4, 0.5) is 5.69 Å². The summed E-state index contributed by atoms with van der Waals surface area (Å²) < 4.78 is 4.87. The molecule has 3 rings (SSSR count). The summed E-state index contributed by atoms with van der Waals surface area (Å²) in [5.41, 5.74) is 4.03. The molecule has 3 N–H and O–H groups in total. The van der Waals surface area contributed by atoms with Crippen molar-refractivity contribution in [1.82, 2.24) is 10.3 Å². The predicted molar refractivity (Wildman–Crippen MR) is 104 cm³/mol. The molecular formula is C19H19N3O2S. The summed E-state index contributed by atoms with van der Waals surface area (Å²) in [5.74, 6) is -0.442. The van der Waals surface area contributed by atoms with E-state index in [0.717, 1.165) is 22.0 Å². The SMILES string of the molecule is COC(=O)c1[nH]c2ccc(C)cc2c1NC(=S)NCc1ccccc1. The molecule has 0 atom stereocenters. The highest BCUT2D eigenvalue weighted by atomic mass is 32.1. The van der Waals surface area contributed by atoms with Gasteiger partial charge in [-0.1, -0.05) is 42.0 Å². The van der Waals surface area contributed by atoms with Crippen LogP contribution >= 0.6 is 12.2 Å². The molecule has 3 aromatic rings. The fourth-order valence-electron chi connectivity index (χ4n) is 2.63. The van der Waals surface area contributed by atoms with Crippen LogP contribution in [-0.4, -0.2) is 23.2 Å². The van der Waals surface area contributed by atoms with Gasteiger partial charge in [-0.25, -0.2) is 4.79 Å². The van der Waals surface area contributed by atoms with Gasteiger partial charge in [-0.15, -0.1) is 0 Å². The topological polar surface area (TPSA) is 66.2 Å². The van der Waals surface area contributed by atoms with Crippen molar-refractivity contribution in [3.05, 3.63) is 65.4 Å². The molecule has 0 saturated heterocycles. The Labute approximate surface area is 151 Å². The number of rotatable bonds is 4. The Kier molecular flexibility index (Phi) is 5.00. The zero-order chi connectivity index (χ0) is 17.8. The van der Waals surface area contributed by atoms with E-state index in [4.69, 9.17) is 17.0 Å². The van der Waals surface area contributed by atoms with Crippen LogP contribution in [0.25, 0.3) is 10.9 Å². The number of aryl methyl sites for hydroxylation is 1. The second kappa shape index (κ2) is 7.36. The van der Waals surface area contributed by atoms with Crippen LogP contribution in [0.5, 0.6) is 0 Å². The number of nitrogens with one attached hydrogen (secondary N) is 3. The van der Waals surface area contributed by atoms with E-state index < -0.39 is 5.97 Å². The van der Waals surface area contributed by atoms with Crippen LogP contribution in [0.2, 0.25) is 0 Å². The summed E-state index contributed by atoms with van der Waals surface area (Å²) in [6.07, 6.45) is 0. The summed E-state index contributed by atoms with van der Waals surface area (Å²) in [6.45, 7) is 2.60. The van der Waals surface area contributed by atoms with Crippen molar-refractivity contribution in [1.29, 1.82) is 0 Å². The van der Waals surface area contributed by atoms with Gasteiger partial charge in [0.05, 0.1) is 12.8 Å². The van der Waals surface area contributed by atoms with Crippen molar-refractivity contribution in [3.63, 3.8) is 0 Å². The van der Waals surface area contributed by atoms with E-state index >= 15 is 0 Å². The maximum Gasteiger partial charge on any atom is 0.356 e. The summed E-state index contributed by atoms with van der Waals surface area (Å²) >= 11 is 5.39. The molecule has 0 radical (unpaired) electrons. The number of esters is 1. The summed E-state index contributed by atoms with van der Waals surface area (Å²) in [7, 11) is 1.36. The van der Waals surface area contributed by atoms with Crippen molar-refractivity contribution in [2.24, 2.45) is 0 Å². The molecule has 0 spiro atoms. The van der Waals surface area contributed by atoms with E-state index in [1.165, 1.54) is 7.11 Å². The van der Waals surface area contributed by atoms with E-state index in [2.05, 4.69) is 15.6 Å². The molecule has 25 heavy (non-hydrogen) atoms. The average Bonchev–Trinajstić information content (AvgIpc) is 2.98. The van der Waals surface area contributed by atoms with Gasteiger partial charge in [0, 0.05) is 17.4 Å².